The number of ether oxygens (including phenoxy) is 1. The van der Waals surface area contributed by atoms with Gasteiger partial charge in [0, 0.05) is 18.5 Å². The van der Waals surface area contributed by atoms with Gasteiger partial charge in [0.2, 0.25) is 0 Å². The van der Waals surface area contributed by atoms with Crippen LogP contribution in [0, 0.1) is 0 Å². The lowest BCUT2D eigenvalue weighted by Crippen LogP contribution is -1.94. The molecule has 4 heteroatoms. The van der Waals surface area contributed by atoms with Crippen LogP contribution in [0.15, 0.2) is 48.8 Å². The van der Waals surface area contributed by atoms with E-state index in [0.29, 0.717) is 0 Å². The van der Waals surface area contributed by atoms with Crippen molar-refractivity contribution >= 4 is 12.0 Å². The van der Waals surface area contributed by atoms with Crippen LogP contribution in [0.5, 0.6) is 0 Å². The van der Waals surface area contributed by atoms with Crippen LogP contribution in [0.2, 0.25) is 0 Å². The molecule has 0 aliphatic rings. The topological polar surface area (TPSA) is 44.1 Å². The SMILES string of the molecule is COC(=O)/C=C/c1ccc(-n2cccn2)cc1. The fraction of sp³-hybridized carbons (Fsp3) is 0.0769. The summed E-state index contributed by atoms with van der Waals surface area (Å²) in [7, 11) is 1.35. The zero-order chi connectivity index (χ0) is 12.1. The van der Waals surface area contributed by atoms with Gasteiger partial charge in [-0.3, -0.25) is 0 Å². The van der Waals surface area contributed by atoms with Crippen molar-refractivity contribution in [3.63, 3.8) is 0 Å². The maximum absolute atomic E-state index is 10.9. The summed E-state index contributed by atoms with van der Waals surface area (Å²) in [4.78, 5) is 10.9. The molecule has 0 radical (unpaired) electrons. The summed E-state index contributed by atoms with van der Waals surface area (Å²) in [6, 6.07) is 9.56. The standard InChI is InChI=1S/C13H12N2O2/c1-17-13(16)8-5-11-3-6-12(7-4-11)15-10-2-9-14-15/h2-10H,1H3/b8-5+. The second-order valence-corrected chi connectivity index (χ2v) is 3.40. The summed E-state index contributed by atoms with van der Waals surface area (Å²) in [5.74, 6) is -0.360. The van der Waals surface area contributed by atoms with Crippen molar-refractivity contribution in [2.45, 2.75) is 0 Å². The first-order valence-corrected chi connectivity index (χ1v) is 5.16. The number of rotatable bonds is 3. The number of methoxy groups -OCH3 is 1. The van der Waals surface area contributed by atoms with Gasteiger partial charge in [-0.05, 0) is 29.8 Å². The summed E-state index contributed by atoms with van der Waals surface area (Å²) in [5.41, 5.74) is 1.91. The molecule has 0 spiro atoms. The van der Waals surface area contributed by atoms with Crippen LogP contribution >= 0.6 is 0 Å². The molecule has 1 aromatic heterocycles. The third kappa shape index (κ3) is 2.81. The lowest BCUT2D eigenvalue weighted by molar-refractivity contribution is -0.134. The molecule has 1 aromatic carbocycles. The highest BCUT2D eigenvalue weighted by Gasteiger charge is 1.96. The van der Waals surface area contributed by atoms with Gasteiger partial charge in [-0.25, -0.2) is 9.48 Å². The number of carbonyl (C=O) groups is 1. The van der Waals surface area contributed by atoms with E-state index in [1.54, 1.807) is 17.0 Å². The number of carbonyl (C=O) groups excluding carboxylic acids is 1. The Morgan fingerprint density at radius 2 is 2.12 bits per heavy atom. The number of nitrogens with zero attached hydrogens (tertiary/aromatic N) is 2. The Hall–Kier alpha value is -2.36. The van der Waals surface area contributed by atoms with E-state index >= 15 is 0 Å². The average Bonchev–Trinajstić information content (AvgIpc) is 2.90. The smallest absolute Gasteiger partial charge is 0.330 e. The van der Waals surface area contributed by atoms with E-state index in [0.717, 1.165) is 11.3 Å². The van der Waals surface area contributed by atoms with Gasteiger partial charge in [-0.15, -0.1) is 0 Å². The monoisotopic (exact) mass is 228 g/mol. The van der Waals surface area contributed by atoms with Gasteiger partial charge < -0.3 is 4.74 Å². The van der Waals surface area contributed by atoms with Crippen molar-refractivity contribution in [2.75, 3.05) is 7.11 Å². The molecular weight excluding hydrogens is 216 g/mol. The highest BCUT2D eigenvalue weighted by Crippen LogP contribution is 2.09. The van der Waals surface area contributed by atoms with E-state index in [9.17, 15) is 4.79 Å². The second kappa shape index (κ2) is 5.12. The first kappa shape index (κ1) is 11.1. The van der Waals surface area contributed by atoms with E-state index in [4.69, 9.17) is 0 Å². The first-order chi connectivity index (χ1) is 8.29. The van der Waals surface area contributed by atoms with Crippen LogP contribution in [0.1, 0.15) is 5.56 Å². The number of hydrogen-bond donors (Lipinski definition) is 0. The molecule has 0 amide bonds. The van der Waals surface area contributed by atoms with Crippen molar-refractivity contribution in [1.29, 1.82) is 0 Å². The fourth-order valence-corrected chi connectivity index (χ4v) is 1.39. The van der Waals surface area contributed by atoms with Crippen LogP contribution in [-0.4, -0.2) is 22.9 Å². The molecule has 2 aromatic rings. The molecule has 0 saturated carbocycles. The Bertz CT molecular complexity index is 513. The summed E-state index contributed by atoms with van der Waals surface area (Å²) >= 11 is 0. The maximum atomic E-state index is 10.9. The minimum Gasteiger partial charge on any atom is -0.466 e. The molecule has 17 heavy (non-hydrogen) atoms. The first-order valence-electron chi connectivity index (χ1n) is 5.16. The molecule has 0 atom stereocenters. The summed E-state index contributed by atoms with van der Waals surface area (Å²) in [6.45, 7) is 0. The molecule has 0 fully saturated rings. The van der Waals surface area contributed by atoms with Crippen molar-refractivity contribution in [3.05, 3.63) is 54.4 Å². The molecular formula is C13H12N2O2. The molecule has 0 saturated heterocycles. The highest BCUT2D eigenvalue weighted by molar-refractivity contribution is 5.86. The van der Waals surface area contributed by atoms with E-state index in [1.807, 2.05) is 36.5 Å². The van der Waals surface area contributed by atoms with E-state index < -0.39 is 0 Å². The van der Waals surface area contributed by atoms with E-state index in [2.05, 4.69) is 9.84 Å². The fourth-order valence-electron chi connectivity index (χ4n) is 1.39. The maximum Gasteiger partial charge on any atom is 0.330 e. The minimum atomic E-state index is -0.360. The minimum absolute atomic E-state index is 0.360. The Morgan fingerprint density at radius 1 is 1.35 bits per heavy atom. The summed E-state index contributed by atoms with van der Waals surface area (Å²) in [5, 5.41) is 4.13. The van der Waals surface area contributed by atoms with Gasteiger partial charge in [0.25, 0.3) is 0 Å². The van der Waals surface area contributed by atoms with Gasteiger partial charge in [-0.2, -0.15) is 5.10 Å². The molecule has 0 bridgehead atoms. The Morgan fingerprint density at radius 3 is 2.71 bits per heavy atom. The van der Waals surface area contributed by atoms with Crippen LogP contribution < -0.4 is 0 Å². The summed E-state index contributed by atoms with van der Waals surface area (Å²) < 4.78 is 6.29. The predicted molar refractivity (Wildman–Crippen MR) is 64.6 cm³/mol. The predicted octanol–water partition coefficient (Wildman–Crippen LogP) is 2.06. The van der Waals surface area contributed by atoms with E-state index in [1.165, 1.54) is 13.2 Å². The average molecular weight is 228 g/mol. The molecule has 0 unspecified atom stereocenters. The van der Waals surface area contributed by atoms with Gasteiger partial charge >= 0.3 is 5.97 Å². The largest absolute Gasteiger partial charge is 0.466 e. The molecule has 1 heterocycles. The van der Waals surface area contributed by atoms with Crippen molar-refractivity contribution in [3.8, 4) is 5.69 Å². The summed E-state index contributed by atoms with van der Waals surface area (Å²) in [6.07, 6.45) is 6.70. The third-order valence-corrected chi connectivity index (χ3v) is 2.28. The number of benzene rings is 1. The Balaban J connectivity index is 2.14. The van der Waals surface area contributed by atoms with Crippen molar-refractivity contribution < 1.29 is 9.53 Å². The lowest BCUT2D eigenvalue weighted by Gasteiger charge is -2.01. The van der Waals surface area contributed by atoms with Gasteiger partial charge in [0.05, 0.1) is 12.8 Å². The number of hydrogen-bond acceptors (Lipinski definition) is 3. The molecule has 86 valence electrons. The highest BCUT2D eigenvalue weighted by atomic mass is 16.5. The van der Waals surface area contributed by atoms with Crippen molar-refractivity contribution in [2.24, 2.45) is 0 Å². The second-order valence-electron chi connectivity index (χ2n) is 3.40. The lowest BCUT2D eigenvalue weighted by atomic mass is 10.2. The molecule has 0 aliphatic carbocycles. The number of esters is 1. The van der Waals surface area contributed by atoms with Crippen LogP contribution in [0.3, 0.4) is 0 Å². The normalized spacial score (nSPS) is 10.6. The number of aromatic nitrogens is 2. The van der Waals surface area contributed by atoms with Crippen LogP contribution in [0.25, 0.3) is 11.8 Å². The quantitative estimate of drug-likeness (QED) is 0.596. The van der Waals surface area contributed by atoms with Crippen LogP contribution in [-0.2, 0) is 9.53 Å². The molecule has 2 rings (SSSR count). The van der Waals surface area contributed by atoms with E-state index in [-0.39, 0.29) is 5.97 Å². The molecule has 0 N–H and O–H groups in total. The van der Waals surface area contributed by atoms with Gasteiger partial charge in [0.1, 0.15) is 0 Å². The molecule has 4 nitrogen and oxygen atoms in total. The Kier molecular flexibility index (Phi) is 3.35. The zero-order valence-electron chi connectivity index (χ0n) is 9.41. The van der Waals surface area contributed by atoms with Crippen LogP contribution in [0.4, 0.5) is 0 Å². The Labute approximate surface area is 99.1 Å². The van der Waals surface area contributed by atoms with Crippen molar-refractivity contribution in [1.82, 2.24) is 9.78 Å². The van der Waals surface area contributed by atoms with Gasteiger partial charge in [-0.1, -0.05) is 12.1 Å². The third-order valence-electron chi connectivity index (χ3n) is 2.28. The van der Waals surface area contributed by atoms with Gasteiger partial charge in [0.15, 0.2) is 0 Å². The zero-order valence-corrected chi connectivity index (χ0v) is 9.41. The molecule has 0 aliphatic heterocycles.